The van der Waals surface area contributed by atoms with E-state index in [9.17, 15) is 9.90 Å². The van der Waals surface area contributed by atoms with Gasteiger partial charge in [0.15, 0.2) is 0 Å². The lowest BCUT2D eigenvalue weighted by Gasteiger charge is -2.32. The van der Waals surface area contributed by atoms with Crippen LogP contribution in [0.2, 0.25) is 0 Å². The smallest absolute Gasteiger partial charge is 0.328 e. The van der Waals surface area contributed by atoms with E-state index >= 15 is 0 Å². The van der Waals surface area contributed by atoms with E-state index in [0.717, 1.165) is 11.1 Å². The average molecular weight is 207 g/mol. The molecule has 82 valence electrons. The minimum atomic E-state index is -0.965. The van der Waals surface area contributed by atoms with Gasteiger partial charge < -0.3 is 5.11 Å². The molecule has 1 aromatic carbocycles. The van der Waals surface area contributed by atoms with Gasteiger partial charge in [0.1, 0.15) is 5.54 Å². The highest BCUT2D eigenvalue weighted by Crippen LogP contribution is 2.26. The van der Waals surface area contributed by atoms with Crippen LogP contribution in [0.15, 0.2) is 24.3 Å². The van der Waals surface area contributed by atoms with Crippen LogP contribution in [0.3, 0.4) is 0 Å². The van der Waals surface area contributed by atoms with Crippen LogP contribution in [0.1, 0.15) is 18.1 Å². The zero-order valence-corrected chi connectivity index (χ0v) is 9.61. The van der Waals surface area contributed by atoms with E-state index in [2.05, 4.69) is 0 Å². The van der Waals surface area contributed by atoms with E-state index in [1.165, 1.54) is 0 Å². The van der Waals surface area contributed by atoms with Crippen LogP contribution in [0.4, 0.5) is 0 Å². The Balaban J connectivity index is 3.22. The summed E-state index contributed by atoms with van der Waals surface area (Å²) in [6.07, 6.45) is 0. The monoisotopic (exact) mass is 207 g/mol. The van der Waals surface area contributed by atoms with Gasteiger partial charge in [-0.05, 0) is 33.5 Å². The minimum absolute atomic E-state index is 0.797. The number of aliphatic carboxylic acids is 1. The van der Waals surface area contributed by atoms with Gasteiger partial charge in [-0.2, -0.15) is 0 Å². The Bertz CT molecular complexity index is 356. The molecule has 0 aliphatic heterocycles. The van der Waals surface area contributed by atoms with Gasteiger partial charge in [-0.25, -0.2) is 4.79 Å². The molecule has 0 spiro atoms. The fourth-order valence-corrected chi connectivity index (χ4v) is 1.45. The summed E-state index contributed by atoms with van der Waals surface area (Å²) in [7, 11) is 3.54. The Hall–Kier alpha value is -1.35. The maximum absolute atomic E-state index is 11.3. The summed E-state index contributed by atoms with van der Waals surface area (Å²) in [4.78, 5) is 13.0. The molecule has 0 aromatic heterocycles. The minimum Gasteiger partial charge on any atom is -0.480 e. The van der Waals surface area contributed by atoms with Crippen molar-refractivity contribution in [2.24, 2.45) is 0 Å². The summed E-state index contributed by atoms with van der Waals surface area (Å²) >= 11 is 0. The maximum atomic E-state index is 11.3. The predicted molar refractivity (Wildman–Crippen MR) is 59.9 cm³/mol. The summed E-state index contributed by atoms with van der Waals surface area (Å²) in [6, 6.07) is 7.59. The van der Waals surface area contributed by atoms with Crippen molar-refractivity contribution in [2.75, 3.05) is 14.1 Å². The molecule has 1 rings (SSSR count). The Labute approximate surface area is 90.3 Å². The number of carboxylic acids is 1. The first kappa shape index (κ1) is 11.7. The molecule has 0 aliphatic carbocycles. The van der Waals surface area contributed by atoms with Gasteiger partial charge in [-0.1, -0.05) is 29.8 Å². The molecule has 15 heavy (non-hydrogen) atoms. The summed E-state index contributed by atoms with van der Waals surface area (Å²) in [6.45, 7) is 3.69. The molecule has 0 bridgehead atoms. The molecule has 3 heteroatoms. The molecule has 3 nitrogen and oxygen atoms in total. The lowest BCUT2D eigenvalue weighted by Crippen LogP contribution is -2.45. The van der Waals surface area contributed by atoms with Crippen molar-refractivity contribution in [3.63, 3.8) is 0 Å². The van der Waals surface area contributed by atoms with Gasteiger partial charge in [-0.15, -0.1) is 0 Å². The fourth-order valence-electron chi connectivity index (χ4n) is 1.45. The molecule has 0 amide bonds. The second-order valence-corrected chi connectivity index (χ2v) is 4.14. The zero-order valence-electron chi connectivity index (χ0n) is 9.61. The van der Waals surface area contributed by atoms with Crippen molar-refractivity contribution in [2.45, 2.75) is 19.4 Å². The number of aryl methyl sites for hydroxylation is 1. The SMILES string of the molecule is Cc1ccc([C@@](C)(C(=O)O)N(C)C)cc1. The molecular formula is C12H17NO2. The van der Waals surface area contributed by atoms with E-state index < -0.39 is 11.5 Å². The van der Waals surface area contributed by atoms with Crippen LogP contribution in [0, 0.1) is 6.92 Å². The van der Waals surface area contributed by atoms with Crippen LogP contribution >= 0.6 is 0 Å². The summed E-state index contributed by atoms with van der Waals surface area (Å²) in [5.74, 6) is -0.837. The number of rotatable bonds is 3. The molecule has 0 radical (unpaired) electrons. The number of hydrogen-bond acceptors (Lipinski definition) is 2. The summed E-state index contributed by atoms with van der Waals surface area (Å²) in [5, 5.41) is 9.28. The normalized spacial score (nSPS) is 15.0. The van der Waals surface area contributed by atoms with Gasteiger partial charge in [-0.3, -0.25) is 4.90 Å². The van der Waals surface area contributed by atoms with Crippen LogP contribution in [-0.2, 0) is 10.3 Å². The molecular weight excluding hydrogens is 190 g/mol. The number of nitrogens with zero attached hydrogens (tertiary/aromatic N) is 1. The van der Waals surface area contributed by atoms with Gasteiger partial charge in [0.25, 0.3) is 0 Å². The van der Waals surface area contributed by atoms with E-state index in [1.54, 1.807) is 25.9 Å². The second-order valence-electron chi connectivity index (χ2n) is 4.14. The Morgan fingerprint density at radius 1 is 1.27 bits per heavy atom. The Morgan fingerprint density at radius 2 is 1.73 bits per heavy atom. The van der Waals surface area contributed by atoms with Crippen LogP contribution in [0.25, 0.3) is 0 Å². The van der Waals surface area contributed by atoms with Gasteiger partial charge in [0, 0.05) is 0 Å². The zero-order chi connectivity index (χ0) is 11.6. The molecule has 0 heterocycles. The van der Waals surface area contributed by atoms with Crippen LogP contribution in [0.5, 0.6) is 0 Å². The van der Waals surface area contributed by atoms with Crippen molar-refractivity contribution >= 4 is 5.97 Å². The largest absolute Gasteiger partial charge is 0.480 e. The van der Waals surface area contributed by atoms with Crippen molar-refractivity contribution in [3.8, 4) is 0 Å². The number of benzene rings is 1. The van der Waals surface area contributed by atoms with E-state index in [0.29, 0.717) is 0 Å². The first-order valence-electron chi connectivity index (χ1n) is 4.87. The molecule has 0 unspecified atom stereocenters. The molecule has 0 saturated heterocycles. The molecule has 1 N–H and O–H groups in total. The number of hydrogen-bond donors (Lipinski definition) is 1. The lowest BCUT2D eigenvalue weighted by atomic mass is 9.90. The quantitative estimate of drug-likeness (QED) is 0.822. The molecule has 0 saturated carbocycles. The Morgan fingerprint density at radius 3 is 2.07 bits per heavy atom. The van der Waals surface area contributed by atoms with E-state index in [4.69, 9.17) is 0 Å². The van der Waals surface area contributed by atoms with Crippen molar-refractivity contribution in [1.82, 2.24) is 4.90 Å². The van der Waals surface area contributed by atoms with Crippen molar-refractivity contribution in [3.05, 3.63) is 35.4 Å². The molecule has 0 aliphatic rings. The fraction of sp³-hybridized carbons (Fsp3) is 0.417. The maximum Gasteiger partial charge on any atom is 0.328 e. The lowest BCUT2D eigenvalue weighted by molar-refractivity contribution is -0.149. The van der Waals surface area contributed by atoms with Gasteiger partial charge >= 0.3 is 5.97 Å². The summed E-state index contributed by atoms with van der Waals surface area (Å²) < 4.78 is 0. The summed E-state index contributed by atoms with van der Waals surface area (Å²) in [5.41, 5.74) is 0.962. The average Bonchev–Trinajstić information content (AvgIpc) is 2.17. The van der Waals surface area contributed by atoms with Crippen LogP contribution < -0.4 is 0 Å². The van der Waals surface area contributed by atoms with Gasteiger partial charge in [0.05, 0.1) is 0 Å². The molecule has 0 fully saturated rings. The highest BCUT2D eigenvalue weighted by Gasteiger charge is 2.37. The van der Waals surface area contributed by atoms with E-state index in [1.807, 2.05) is 31.2 Å². The highest BCUT2D eigenvalue weighted by atomic mass is 16.4. The number of carbonyl (C=O) groups is 1. The second kappa shape index (κ2) is 4.03. The van der Waals surface area contributed by atoms with E-state index in [-0.39, 0.29) is 0 Å². The van der Waals surface area contributed by atoms with Crippen molar-refractivity contribution in [1.29, 1.82) is 0 Å². The van der Waals surface area contributed by atoms with Gasteiger partial charge in [0.2, 0.25) is 0 Å². The number of likely N-dealkylation sites (N-methyl/N-ethyl adjacent to an activating group) is 1. The first-order valence-corrected chi connectivity index (χ1v) is 4.87. The standard InChI is InChI=1S/C12H17NO2/c1-9-5-7-10(8-6-9)12(2,11(14)15)13(3)4/h5-8H,1-4H3,(H,14,15)/t12-/m0/s1. The molecule has 1 atom stereocenters. The third kappa shape index (κ3) is 2.02. The third-order valence-electron chi connectivity index (χ3n) is 2.92. The Kier molecular flexibility index (Phi) is 3.15. The topological polar surface area (TPSA) is 40.5 Å². The number of carboxylic acid groups (broad SMARTS) is 1. The van der Waals surface area contributed by atoms with Crippen molar-refractivity contribution < 1.29 is 9.90 Å². The van der Waals surface area contributed by atoms with Crippen LogP contribution in [-0.4, -0.2) is 30.1 Å². The first-order chi connectivity index (χ1) is 6.89. The molecule has 1 aromatic rings. The third-order valence-corrected chi connectivity index (χ3v) is 2.92. The predicted octanol–water partition coefficient (Wildman–Crippen LogP) is 1.86. The highest BCUT2D eigenvalue weighted by molar-refractivity contribution is 5.80.